The van der Waals surface area contributed by atoms with Crippen LogP contribution in [-0.2, 0) is 20.7 Å². The van der Waals surface area contributed by atoms with E-state index in [1.807, 2.05) is 51.1 Å². The molecule has 154 valence electrons. The van der Waals surface area contributed by atoms with Gasteiger partial charge in [0.05, 0.1) is 13.0 Å². The maximum absolute atomic E-state index is 12.4. The van der Waals surface area contributed by atoms with E-state index >= 15 is 0 Å². The van der Waals surface area contributed by atoms with E-state index in [4.69, 9.17) is 9.47 Å². The van der Waals surface area contributed by atoms with Gasteiger partial charge in [-0.2, -0.15) is 0 Å². The molecule has 0 aliphatic heterocycles. The Hall–Kier alpha value is -3.15. The van der Waals surface area contributed by atoms with Gasteiger partial charge in [0, 0.05) is 5.56 Å². The monoisotopic (exact) mass is 397 g/mol. The number of carbonyl (C=O) groups is 3. The summed E-state index contributed by atoms with van der Waals surface area (Å²) in [5, 5.41) is 2.71. The summed E-state index contributed by atoms with van der Waals surface area (Å²) in [7, 11) is 0. The Kier molecular flexibility index (Phi) is 8.40. The highest BCUT2D eigenvalue weighted by molar-refractivity contribution is 5.98. The summed E-state index contributed by atoms with van der Waals surface area (Å²) >= 11 is 0. The van der Waals surface area contributed by atoms with Crippen molar-refractivity contribution in [3.63, 3.8) is 0 Å². The van der Waals surface area contributed by atoms with Crippen molar-refractivity contribution in [2.45, 2.75) is 33.2 Å². The normalized spacial score (nSPS) is 11.6. The quantitative estimate of drug-likeness (QED) is 0.492. The summed E-state index contributed by atoms with van der Waals surface area (Å²) in [6.45, 7) is 5.65. The second kappa shape index (κ2) is 11.0. The first-order valence-corrected chi connectivity index (χ1v) is 9.66. The van der Waals surface area contributed by atoms with Gasteiger partial charge in [0.2, 0.25) is 5.91 Å². The van der Waals surface area contributed by atoms with Crippen molar-refractivity contribution in [3.05, 3.63) is 65.7 Å². The number of ketones is 1. The molecule has 0 bridgehead atoms. The van der Waals surface area contributed by atoms with Gasteiger partial charge in [-0.05, 0) is 42.7 Å². The Balaban J connectivity index is 1.89. The molecule has 1 amide bonds. The zero-order valence-corrected chi connectivity index (χ0v) is 17.0. The molecule has 0 heterocycles. The molecule has 2 aromatic rings. The molecule has 0 aliphatic carbocycles. The Morgan fingerprint density at radius 2 is 1.62 bits per heavy atom. The van der Waals surface area contributed by atoms with Crippen LogP contribution in [0.15, 0.2) is 54.6 Å². The third-order valence-electron chi connectivity index (χ3n) is 4.28. The molecular weight excluding hydrogens is 370 g/mol. The molecule has 0 radical (unpaired) electrons. The highest BCUT2D eigenvalue weighted by Crippen LogP contribution is 2.13. The highest BCUT2D eigenvalue weighted by Gasteiger charge is 2.26. The van der Waals surface area contributed by atoms with Gasteiger partial charge in [-0.1, -0.05) is 44.2 Å². The maximum atomic E-state index is 12.4. The van der Waals surface area contributed by atoms with E-state index in [2.05, 4.69) is 5.32 Å². The SMILES string of the molecule is CCOc1ccc(C(=O)COC(=O)[C@@H](NC(=O)Cc2ccccc2)C(C)C)cc1. The van der Waals surface area contributed by atoms with Gasteiger partial charge < -0.3 is 14.8 Å². The average molecular weight is 397 g/mol. The molecule has 1 atom stereocenters. The predicted octanol–water partition coefficient (Wildman–Crippen LogP) is 3.19. The first-order chi connectivity index (χ1) is 13.9. The highest BCUT2D eigenvalue weighted by atomic mass is 16.5. The largest absolute Gasteiger partial charge is 0.494 e. The molecule has 0 saturated heterocycles. The van der Waals surface area contributed by atoms with Crippen LogP contribution in [0.4, 0.5) is 0 Å². The molecule has 0 saturated carbocycles. The second-order valence-corrected chi connectivity index (χ2v) is 6.94. The lowest BCUT2D eigenvalue weighted by molar-refractivity contribution is -0.148. The van der Waals surface area contributed by atoms with Crippen LogP contribution < -0.4 is 10.1 Å². The third kappa shape index (κ3) is 7.07. The predicted molar refractivity (Wildman–Crippen MR) is 110 cm³/mol. The molecule has 6 heteroatoms. The fourth-order valence-corrected chi connectivity index (χ4v) is 2.72. The lowest BCUT2D eigenvalue weighted by atomic mass is 10.0. The zero-order valence-electron chi connectivity index (χ0n) is 17.0. The maximum Gasteiger partial charge on any atom is 0.329 e. The van der Waals surface area contributed by atoms with E-state index < -0.39 is 12.0 Å². The number of Topliss-reactive ketones (excluding diaryl/α,β-unsaturated/α-hetero) is 1. The summed E-state index contributed by atoms with van der Waals surface area (Å²) in [5.41, 5.74) is 1.28. The number of hydrogen-bond acceptors (Lipinski definition) is 5. The molecule has 1 N–H and O–H groups in total. The van der Waals surface area contributed by atoms with Gasteiger partial charge in [-0.3, -0.25) is 9.59 Å². The molecule has 6 nitrogen and oxygen atoms in total. The second-order valence-electron chi connectivity index (χ2n) is 6.94. The van der Waals surface area contributed by atoms with E-state index in [1.54, 1.807) is 24.3 Å². The number of carbonyl (C=O) groups excluding carboxylic acids is 3. The van der Waals surface area contributed by atoms with E-state index in [-0.39, 0.29) is 30.6 Å². The van der Waals surface area contributed by atoms with Crippen molar-refractivity contribution < 1.29 is 23.9 Å². The summed E-state index contributed by atoms with van der Waals surface area (Å²) in [4.78, 5) is 37.0. The molecule has 0 spiro atoms. The summed E-state index contributed by atoms with van der Waals surface area (Å²) < 4.78 is 10.5. The standard InChI is InChI=1S/C23H27NO5/c1-4-28-19-12-10-18(11-13-19)20(25)15-29-23(27)22(16(2)3)24-21(26)14-17-8-6-5-7-9-17/h5-13,16,22H,4,14-15H2,1-3H3,(H,24,26)/t22-/m0/s1. The first-order valence-electron chi connectivity index (χ1n) is 9.66. The molecule has 2 aromatic carbocycles. The molecular formula is C23H27NO5. The molecule has 0 aliphatic rings. The van der Waals surface area contributed by atoms with Gasteiger partial charge in [-0.15, -0.1) is 0 Å². The van der Waals surface area contributed by atoms with Gasteiger partial charge in [-0.25, -0.2) is 4.79 Å². The number of amides is 1. The number of rotatable bonds is 10. The zero-order chi connectivity index (χ0) is 21.2. The first kappa shape index (κ1) is 22.1. The Labute approximate surface area is 171 Å². The van der Waals surface area contributed by atoms with Crippen LogP contribution in [0.3, 0.4) is 0 Å². The van der Waals surface area contributed by atoms with Crippen molar-refractivity contribution in [2.24, 2.45) is 5.92 Å². The van der Waals surface area contributed by atoms with E-state index in [0.29, 0.717) is 17.9 Å². The van der Waals surface area contributed by atoms with Crippen LogP contribution in [0.1, 0.15) is 36.7 Å². The topological polar surface area (TPSA) is 81.7 Å². The smallest absolute Gasteiger partial charge is 0.329 e. The molecule has 2 rings (SSSR count). The van der Waals surface area contributed by atoms with E-state index in [0.717, 1.165) is 5.56 Å². The Bertz CT molecular complexity index is 815. The summed E-state index contributed by atoms with van der Waals surface area (Å²) in [6.07, 6.45) is 0.169. The van der Waals surface area contributed by atoms with Crippen LogP contribution in [0.25, 0.3) is 0 Å². The minimum Gasteiger partial charge on any atom is -0.494 e. The molecule has 0 fully saturated rings. The van der Waals surface area contributed by atoms with Crippen molar-refractivity contribution in [1.29, 1.82) is 0 Å². The fourth-order valence-electron chi connectivity index (χ4n) is 2.72. The molecule has 0 unspecified atom stereocenters. The Morgan fingerprint density at radius 1 is 0.966 bits per heavy atom. The third-order valence-corrected chi connectivity index (χ3v) is 4.28. The van der Waals surface area contributed by atoms with Crippen molar-refractivity contribution in [2.75, 3.05) is 13.2 Å². The van der Waals surface area contributed by atoms with Crippen LogP contribution in [-0.4, -0.2) is 36.9 Å². The van der Waals surface area contributed by atoms with Crippen LogP contribution in [0, 0.1) is 5.92 Å². The van der Waals surface area contributed by atoms with Gasteiger partial charge in [0.25, 0.3) is 0 Å². The number of ether oxygens (including phenoxy) is 2. The van der Waals surface area contributed by atoms with Crippen molar-refractivity contribution >= 4 is 17.7 Å². The van der Waals surface area contributed by atoms with Gasteiger partial charge in [0.1, 0.15) is 11.8 Å². The molecule has 29 heavy (non-hydrogen) atoms. The number of benzene rings is 2. The Morgan fingerprint density at radius 3 is 2.21 bits per heavy atom. The van der Waals surface area contributed by atoms with Crippen molar-refractivity contribution in [1.82, 2.24) is 5.32 Å². The average Bonchev–Trinajstić information content (AvgIpc) is 2.71. The van der Waals surface area contributed by atoms with E-state index in [1.165, 1.54) is 0 Å². The summed E-state index contributed by atoms with van der Waals surface area (Å²) in [6, 6.07) is 15.1. The number of esters is 1. The van der Waals surface area contributed by atoms with Crippen LogP contribution in [0.5, 0.6) is 5.75 Å². The van der Waals surface area contributed by atoms with Crippen molar-refractivity contribution in [3.8, 4) is 5.75 Å². The lowest BCUT2D eigenvalue weighted by Gasteiger charge is -2.20. The molecule has 0 aromatic heterocycles. The number of hydrogen-bond donors (Lipinski definition) is 1. The number of nitrogens with one attached hydrogen (secondary N) is 1. The van der Waals surface area contributed by atoms with Crippen LogP contribution in [0.2, 0.25) is 0 Å². The van der Waals surface area contributed by atoms with E-state index in [9.17, 15) is 14.4 Å². The van der Waals surface area contributed by atoms with Crippen LogP contribution >= 0.6 is 0 Å². The van der Waals surface area contributed by atoms with Gasteiger partial charge in [0.15, 0.2) is 12.4 Å². The fraction of sp³-hybridized carbons (Fsp3) is 0.348. The minimum absolute atomic E-state index is 0.169. The van der Waals surface area contributed by atoms with Gasteiger partial charge >= 0.3 is 5.97 Å². The minimum atomic E-state index is -0.820. The lowest BCUT2D eigenvalue weighted by Crippen LogP contribution is -2.46. The summed E-state index contributed by atoms with van der Waals surface area (Å²) in [5.74, 6) is -0.727.